The Bertz CT molecular complexity index is 102. The van der Waals surface area contributed by atoms with Crippen LogP contribution in [0.2, 0.25) is 0 Å². The van der Waals surface area contributed by atoms with E-state index in [1.807, 2.05) is 0 Å². The summed E-state index contributed by atoms with van der Waals surface area (Å²) in [5.41, 5.74) is 0. The predicted octanol–water partition coefficient (Wildman–Crippen LogP) is 1.37. The molecule has 0 aliphatic carbocycles. The van der Waals surface area contributed by atoms with Crippen LogP contribution in [-0.2, 0) is 4.79 Å². The third-order valence-corrected chi connectivity index (χ3v) is 0.551. The van der Waals surface area contributed by atoms with Gasteiger partial charge in [0.1, 0.15) is 0 Å². The van der Waals surface area contributed by atoms with Gasteiger partial charge >= 0.3 is 5.97 Å². The number of hydrogen-bond acceptors (Lipinski definition) is 1. The number of aliphatic carboxylic acids is 1. The van der Waals surface area contributed by atoms with Crippen LogP contribution in [0.4, 0.5) is 0 Å². The molecular weight excluding hydrogens is 160 g/mol. The van der Waals surface area contributed by atoms with Gasteiger partial charge in [-0.25, -0.2) is 4.79 Å². The molecule has 0 atom stereocenters. The summed E-state index contributed by atoms with van der Waals surface area (Å²) in [7, 11) is 0. The molecule has 0 aromatic carbocycles. The van der Waals surface area contributed by atoms with Crippen LogP contribution in [0.1, 0.15) is 6.92 Å². The Morgan fingerprint density at radius 1 is 1.86 bits per heavy atom. The Balaban J connectivity index is 3.68. The fourth-order valence-corrected chi connectivity index (χ4v) is 0.366. The number of rotatable bonds is 1. The number of halogens is 1. The Hall–Kier alpha value is -0.310. The van der Waals surface area contributed by atoms with Gasteiger partial charge in [0.15, 0.2) is 0 Å². The van der Waals surface area contributed by atoms with Gasteiger partial charge in [-0.1, -0.05) is 15.9 Å². The van der Waals surface area contributed by atoms with E-state index in [9.17, 15) is 4.79 Å². The van der Waals surface area contributed by atoms with Gasteiger partial charge in [0.05, 0.1) is 0 Å². The Labute approximate surface area is 50.0 Å². The van der Waals surface area contributed by atoms with Gasteiger partial charge in [-0.15, -0.1) is 0 Å². The maximum Gasteiger partial charge on any atom is 0.329 e. The monoisotopic (exact) mass is 164 g/mol. The Morgan fingerprint density at radius 2 is 2.29 bits per heavy atom. The first-order chi connectivity index (χ1) is 3.13. The minimum Gasteiger partial charge on any atom is -0.478 e. The second kappa shape index (κ2) is 2.80. The van der Waals surface area contributed by atoms with Crippen molar-refractivity contribution in [2.24, 2.45) is 0 Å². The second-order valence-electron chi connectivity index (χ2n) is 1.07. The lowest BCUT2D eigenvalue weighted by molar-refractivity contribution is -0.131. The third-order valence-electron chi connectivity index (χ3n) is 0.322. The molecule has 0 saturated heterocycles. The lowest BCUT2D eigenvalue weighted by atomic mass is 10.5. The van der Waals surface area contributed by atoms with Crippen molar-refractivity contribution in [2.75, 3.05) is 0 Å². The zero-order chi connectivity index (χ0) is 5.86. The van der Waals surface area contributed by atoms with Gasteiger partial charge in [0.2, 0.25) is 0 Å². The smallest absolute Gasteiger partial charge is 0.329 e. The van der Waals surface area contributed by atoms with Crippen molar-refractivity contribution in [1.82, 2.24) is 0 Å². The van der Waals surface area contributed by atoms with Crippen molar-refractivity contribution in [3.8, 4) is 0 Å². The first kappa shape index (κ1) is 6.69. The first-order valence-electron chi connectivity index (χ1n) is 1.69. The predicted molar refractivity (Wildman–Crippen MR) is 30.3 cm³/mol. The number of hydrogen-bond donors (Lipinski definition) is 1. The molecule has 0 aliphatic heterocycles. The molecule has 0 saturated carbocycles. The molecule has 2 nitrogen and oxygen atoms in total. The molecule has 7 heavy (non-hydrogen) atoms. The maximum atomic E-state index is 9.70. The molecule has 0 rings (SSSR count). The lowest BCUT2D eigenvalue weighted by Crippen LogP contribution is -1.85. The van der Waals surface area contributed by atoms with Gasteiger partial charge < -0.3 is 5.11 Å². The minimum atomic E-state index is -0.922. The van der Waals surface area contributed by atoms with Crippen LogP contribution in [0.25, 0.3) is 0 Å². The van der Waals surface area contributed by atoms with Gasteiger partial charge in [0.25, 0.3) is 0 Å². The van der Waals surface area contributed by atoms with Crippen LogP contribution in [0.15, 0.2) is 10.6 Å². The quantitative estimate of drug-likeness (QED) is 0.595. The van der Waals surface area contributed by atoms with Gasteiger partial charge in [0, 0.05) is 6.08 Å². The SMILES string of the molecule is C/C(Br)=C\C(=O)O. The normalized spacial score (nSPS) is 11.4. The Morgan fingerprint density at radius 3 is 2.29 bits per heavy atom. The Kier molecular flexibility index (Phi) is 2.67. The summed E-state index contributed by atoms with van der Waals surface area (Å²) in [5.74, 6) is -0.922. The summed E-state index contributed by atoms with van der Waals surface area (Å²) in [6.07, 6.45) is 1.08. The van der Waals surface area contributed by atoms with Crippen LogP contribution in [-0.4, -0.2) is 11.1 Å². The molecule has 0 amide bonds. The molecule has 0 spiro atoms. The zero-order valence-corrected chi connectivity index (χ0v) is 5.40. The van der Waals surface area contributed by atoms with Crippen molar-refractivity contribution in [2.45, 2.75) is 6.92 Å². The van der Waals surface area contributed by atoms with Crippen LogP contribution >= 0.6 is 15.9 Å². The molecule has 1 N–H and O–H groups in total. The molecule has 0 aliphatic rings. The van der Waals surface area contributed by atoms with Crippen molar-refractivity contribution < 1.29 is 9.90 Å². The van der Waals surface area contributed by atoms with E-state index in [1.54, 1.807) is 6.92 Å². The van der Waals surface area contributed by atoms with E-state index in [1.165, 1.54) is 0 Å². The second-order valence-corrected chi connectivity index (χ2v) is 2.32. The van der Waals surface area contributed by atoms with E-state index in [4.69, 9.17) is 5.11 Å². The van der Waals surface area contributed by atoms with Gasteiger partial charge in [-0.2, -0.15) is 0 Å². The molecule has 0 fully saturated rings. The summed E-state index contributed by atoms with van der Waals surface area (Å²) < 4.78 is 0.625. The van der Waals surface area contributed by atoms with E-state index in [-0.39, 0.29) is 0 Å². The van der Waals surface area contributed by atoms with E-state index in [2.05, 4.69) is 15.9 Å². The van der Waals surface area contributed by atoms with Crippen molar-refractivity contribution >= 4 is 21.9 Å². The zero-order valence-electron chi connectivity index (χ0n) is 3.81. The number of carbonyl (C=O) groups is 1. The first-order valence-corrected chi connectivity index (χ1v) is 2.49. The molecule has 0 aromatic heterocycles. The van der Waals surface area contributed by atoms with Gasteiger partial charge in [-0.3, -0.25) is 0 Å². The topological polar surface area (TPSA) is 37.3 Å². The highest BCUT2D eigenvalue weighted by Gasteiger charge is 1.85. The van der Waals surface area contributed by atoms with E-state index in [0.29, 0.717) is 4.48 Å². The molecule has 3 heteroatoms. The molecular formula is C4H5BrO2. The summed E-state index contributed by atoms with van der Waals surface area (Å²) >= 11 is 2.96. The van der Waals surface area contributed by atoms with Crippen molar-refractivity contribution in [1.29, 1.82) is 0 Å². The fraction of sp³-hybridized carbons (Fsp3) is 0.250. The molecule has 0 radical (unpaired) electrons. The highest BCUT2D eigenvalue weighted by molar-refractivity contribution is 9.11. The molecule has 0 aromatic rings. The van der Waals surface area contributed by atoms with Crippen LogP contribution in [0.3, 0.4) is 0 Å². The number of allylic oxidation sites excluding steroid dienone is 1. The highest BCUT2D eigenvalue weighted by Crippen LogP contribution is 1.99. The fourth-order valence-electron chi connectivity index (χ4n) is 0.170. The molecule has 0 bridgehead atoms. The average Bonchev–Trinajstić information content (AvgIpc) is 1.27. The van der Waals surface area contributed by atoms with Crippen LogP contribution < -0.4 is 0 Å². The third kappa shape index (κ3) is 5.69. The summed E-state index contributed by atoms with van der Waals surface area (Å²) in [4.78, 5) is 9.70. The lowest BCUT2D eigenvalue weighted by Gasteiger charge is -1.77. The van der Waals surface area contributed by atoms with Crippen molar-refractivity contribution in [3.63, 3.8) is 0 Å². The van der Waals surface area contributed by atoms with E-state index >= 15 is 0 Å². The number of carboxylic acid groups (broad SMARTS) is 1. The molecule has 0 unspecified atom stereocenters. The minimum absolute atomic E-state index is 0.625. The van der Waals surface area contributed by atoms with Crippen LogP contribution in [0.5, 0.6) is 0 Å². The van der Waals surface area contributed by atoms with Crippen LogP contribution in [0, 0.1) is 0 Å². The summed E-state index contributed by atoms with van der Waals surface area (Å²) in [5, 5.41) is 7.98. The van der Waals surface area contributed by atoms with Gasteiger partial charge in [-0.05, 0) is 11.4 Å². The standard InChI is InChI=1S/C4H5BrO2/c1-3(5)2-4(6)7/h2H,1H3,(H,6,7)/b3-2+. The van der Waals surface area contributed by atoms with Crippen molar-refractivity contribution in [3.05, 3.63) is 10.6 Å². The van der Waals surface area contributed by atoms with E-state index < -0.39 is 5.97 Å². The van der Waals surface area contributed by atoms with E-state index in [0.717, 1.165) is 6.08 Å². The molecule has 40 valence electrons. The number of carboxylic acids is 1. The maximum absolute atomic E-state index is 9.70. The average molecular weight is 165 g/mol. The highest BCUT2D eigenvalue weighted by atomic mass is 79.9. The molecule has 0 heterocycles. The summed E-state index contributed by atoms with van der Waals surface area (Å²) in [6.45, 7) is 1.66. The summed E-state index contributed by atoms with van der Waals surface area (Å²) in [6, 6.07) is 0. The largest absolute Gasteiger partial charge is 0.478 e.